The van der Waals surface area contributed by atoms with Crippen LogP contribution in [0.25, 0.3) is 11.6 Å². The normalized spacial score (nSPS) is 10.3. The van der Waals surface area contributed by atoms with Crippen molar-refractivity contribution in [2.75, 3.05) is 7.11 Å². The number of hydrogen-bond acceptors (Lipinski definition) is 5. The van der Waals surface area contributed by atoms with Gasteiger partial charge >= 0.3 is 0 Å². The molecule has 21 heavy (non-hydrogen) atoms. The molecule has 0 saturated carbocycles. The lowest BCUT2D eigenvalue weighted by Crippen LogP contribution is -1.92. The van der Waals surface area contributed by atoms with Crippen LogP contribution in [-0.2, 0) is 6.42 Å². The molecule has 0 bridgehead atoms. The average molecular weight is 280 g/mol. The van der Waals surface area contributed by atoms with E-state index in [0.717, 1.165) is 11.3 Å². The Morgan fingerprint density at radius 2 is 2.29 bits per heavy atom. The Hall–Kier alpha value is -3.07. The molecule has 0 fully saturated rings. The van der Waals surface area contributed by atoms with E-state index in [1.54, 1.807) is 19.4 Å². The van der Waals surface area contributed by atoms with Crippen LogP contribution in [0.5, 0.6) is 5.75 Å². The van der Waals surface area contributed by atoms with Crippen molar-refractivity contribution in [1.29, 1.82) is 5.26 Å². The van der Waals surface area contributed by atoms with Crippen LogP contribution in [0, 0.1) is 11.3 Å². The van der Waals surface area contributed by atoms with Crippen molar-refractivity contribution in [2.45, 2.75) is 6.42 Å². The van der Waals surface area contributed by atoms with Crippen LogP contribution >= 0.6 is 0 Å². The monoisotopic (exact) mass is 280 g/mol. The summed E-state index contributed by atoms with van der Waals surface area (Å²) in [6.45, 7) is 0. The molecule has 0 saturated heterocycles. The van der Waals surface area contributed by atoms with Crippen molar-refractivity contribution in [1.82, 2.24) is 15.1 Å². The highest BCUT2D eigenvalue weighted by Crippen LogP contribution is 2.19. The van der Waals surface area contributed by atoms with Crippen LogP contribution in [0.2, 0.25) is 0 Å². The summed E-state index contributed by atoms with van der Waals surface area (Å²) in [7, 11) is 1.63. The second-order valence-electron chi connectivity index (χ2n) is 4.46. The van der Waals surface area contributed by atoms with Crippen LogP contribution in [0.15, 0.2) is 41.1 Å². The molecule has 0 unspecified atom stereocenters. The first-order valence-electron chi connectivity index (χ1n) is 6.33. The van der Waals surface area contributed by atoms with E-state index < -0.39 is 0 Å². The molecule has 2 aromatic heterocycles. The number of nitrogens with one attached hydrogen (secondary N) is 1. The minimum Gasteiger partial charge on any atom is -0.497 e. The summed E-state index contributed by atoms with van der Waals surface area (Å²) < 4.78 is 10.4. The number of nitrogens with zero attached hydrogens (tertiary/aromatic N) is 3. The number of methoxy groups -OCH3 is 1. The van der Waals surface area contributed by atoms with Crippen molar-refractivity contribution in [3.8, 4) is 23.4 Å². The molecule has 0 aliphatic carbocycles. The number of H-pyrrole nitrogens is 1. The quantitative estimate of drug-likeness (QED) is 0.793. The third-order valence-electron chi connectivity index (χ3n) is 3.01. The molecule has 3 aromatic rings. The van der Waals surface area contributed by atoms with Gasteiger partial charge in [-0.3, -0.25) is 0 Å². The van der Waals surface area contributed by atoms with Gasteiger partial charge in [0.15, 0.2) is 5.82 Å². The lowest BCUT2D eigenvalue weighted by Gasteiger charge is -2.01. The fraction of sp³-hybridized carbons (Fsp3) is 0.133. The maximum Gasteiger partial charge on any atom is 0.274 e. The molecule has 2 heterocycles. The molecule has 0 atom stereocenters. The molecule has 0 aliphatic heterocycles. The molecule has 6 nitrogen and oxygen atoms in total. The summed E-state index contributed by atoms with van der Waals surface area (Å²) in [5, 5.41) is 12.7. The maximum absolute atomic E-state index is 8.80. The average Bonchev–Trinajstić information content (AvgIpc) is 3.16. The lowest BCUT2D eigenvalue weighted by atomic mass is 10.1. The Morgan fingerprint density at radius 1 is 1.38 bits per heavy atom. The van der Waals surface area contributed by atoms with Crippen molar-refractivity contribution < 1.29 is 9.26 Å². The first kappa shape index (κ1) is 12.9. The van der Waals surface area contributed by atoms with Crippen LogP contribution in [-0.4, -0.2) is 22.2 Å². The van der Waals surface area contributed by atoms with Crippen LogP contribution < -0.4 is 4.74 Å². The topological polar surface area (TPSA) is 87.7 Å². The van der Waals surface area contributed by atoms with Crippen LogP contribution in [0.4, 0.5) is 0 Å². The highest BCUT2D eigenvalue weighted by Gasteiger charge is 2.11. The van der Waals surface area contributed by atoms with Gasteiger partial charge in [0.05, 0.1) is 12.7 Å². The molecule has 6 heteroatoms. The Bertz CT molecular complexity index is 798. The van der Waals surface area contributed by atoms with Crippen LogP contribution in [0.1, 0.15) is 17.0 Å². The molecule has 0 radical (unpaired) electrons. The number of aromatic nitrogens is 3. The minimum atomic E-state index is 0.370. The summed E-state index contributed by atoms with van der Waals surface area (Å²) in [6, 6.07) is 11.4. The van der Waals surface area contributed by atoms with Crippen LogP contribution in [0.3, 0.4) is 0 Å². The Morgan fingerprint density at radius 3 is 3.05 bits per heavy atom. The molecular formula is C15H12N4O2. The van der Waals surface area contributed by atoms with Gasteiger partial charge in [-0.15, -0.1) is 0 Å². The van der Waals surface area contributed by atoms with Gasteiger partial charge in [0.2, 0.25) is 0 Å². The van der Waals surface area contributed by atoms with Gasteiger partial charge in [-0.05, 0) is 23.8 Å². The number of aromatic amines is 1. The minimum absolute atomic E-state index is 0.370. The van der Waals surface area contributed by atoms with Gasteiger partial charge in [-0.25, -0.2) is 0 Å². The summed E-state index contributed by atoms with van der Waals surface area (Å²) >= 11 is 0. The molecular weight excluding hydrogens is 268 g/mol. The first-order chi connectivity index (χ1) is 10.3. The molecule has 1 aromatic carbocycles. The summed E-state index contributed by atoms with van der Waals surface area (Å²) in [4.78, 5) is 7.25. The number of nitriles is 1. The zero-order valence-electron chi connectivity index (χ0n) is 11.3. The van der Waals surface area contributed by atoms with E-state index in [9.17, 15) is 0 Å². The fourth-order valence-corrected chi connectivity index (χ4v) is 1.98. The zero-order chi connectivity index (χ0) is 14.7. The highest BCUT2D eigenvalue weighted by molar-refractivity contribution is 5.51. The van der Waals surface area contributed by atoms with E-state index in [0.29, 0.717) is 29.4 Å². The molecule has 104 valence electrons. The zero-order valence-corrected chi connectivity index (χ0v) is 11.3. The van der Waals surface area contributed by atoms with Gasteiger partial charge in [0, 0.05) is 12.6 Å². The van der Waals surface area contributed by atoms with E-state index in [1.807, 2.05) is 30.3 Å². The van der Waals surface area contributed by atoms with Crippen molar-refractivity contribution in [2.24, 2.45) is 0 Å². The summed E-state index contributed by atoms with van der Waals surface area (Å²) in [6.07, 6.45) is 2.15. The van der Waals surface area contributed by atoms with Gasteiger partial charge in [-0.2, -0.15) is 10.2 Å². The lowest BCUT2D eigenvalue weighted by molar-refractivity contribution is 0.414. The molecule has 3 rings (SSSR count). The fourth-order valence-electron chi connectivity index (χ4n) is 1.98. The molecule has 0 spiro atoms. The number of rotatable bonds is 4. The van der Waals surface area contributed by atoms with Crippen molar-refractivity contribution >= 4 is 0 Å². The van der Waals surface area contributed by atoms with Gasteiger partial charge < -0.3 is 14.2 Å². The molecule has 0 aliphatic rings. The van der Waals surface area contributed by atoms with E-state index in [-0.39, 0.29) is 0 Å². The van der Waals surface area contributed by atoms with E-state index in [4.69, 9.17) is 14.5 Å². The van der Waals surface area contributed by atoms with Gasteiger partial charge in [-0.1, -0.05) is 17.3 Å². The second kappa shape index (κ2) is 5.51. The third kappa shape index (κ3) is 2.77. The van der Waals surface area contributed by atoms with Gasteiger partial charge in [0.25, 0.3) is 5.89 Å². The number of ether oxygens (including phenoxy) is 1. The van der Waals surface area contributed by atoms with E-state index >= 15 is 0 Å². The van der Waals surface area contributed by atoms with Crippen molar-refractivity contribution in [3.05, 3.63) is 53.5 Å². The summed E-state index contributed by atoms with van der Waals surface area (Å²) in [5.74, 6) is 1.74. The largest absolute Gasteiger partial charge is 0.497 e. The smallest absolute Gasteiger partial charge is 0.274 e. The van der Waals surface area contributed by atoms with Crippen molar-refractivity contribution in [3.63, 3.8) is 0 Å². The Kier molecular flexibility index (Phi) is 3.39. The Labute approximate surface area is 121 Å². The van der Waals surface area contributed by atoms with E-state index in [2.05, 4.69) is 15.1 Å². The SMILES string of the molecule is COc1cccc(Cc2noc(-c3cc(C#N)c[nH]3)n2)c1. The molecule has 1 N–H and O–H groups in total. The number of hydrogen-bond donors (Lipinski definition) is 1. The standard InChI is InChI=1S/C15H12N4O2/c1-20-12-4-2-3-10(5-12)7-14-18-15(21-19-14)13-6-11(8-16)9-17-13/h2-6,9,17H,7H2,1H3. The predicted octanol–water partition coefficient (Wildman–Crippen LogP) is 2.54. The molecule has 0 amide bonds. The number of benzene rings is 1. The maximum atomic E-state index is 8.80. The highest BCUT2D eigenvalue weighted by atomic mass is 16.5. The van der Waals surface area contributed by atoms with E-state index in [1.165, 1.54) is 0 Å². The van der Waals surface area contributed by atoms with Gasteiger partial charge in [0.1, 0.15) is 17.5 Å². The Balaban J connectivity index is 1.80. The predicted molar refractivity (Wildman–Crippen MR) is 74.6 cm³/mol. The third-order valence-corrected chi connectivity index (χ3v) is 3.01. The summed E-state index contributed by atoms with van der Waals surface area (Å²) in [5.41, 5.74) is 2.19. The first-order valence-corrected chi connectivity index (χ1v) is 6.33. The second-order valence-corrected chi connectivity index (χ2v) is 4.46.